The Balaban J connectivity index is 2.02. The lowest BCUT2D eigenvalue weighted by atomic mass is 9.98. The van der Waals surface area contributed by atoms with Crippen LogP contribution in [-0.4, -0.2) is 52.6 Å². The highest BCUT2D eigenvalue weighted by atomic mass is 32.2. The van der Waals surface area contributed by atoms with Crippen LogP contribution in [0.25, 0.3) is 0 Å². The first kappa shape index (κ1) is 19.9. The Labute approximate surface area is 149 Å². The quantitative estimate of drug-likeness (QED) is 0.809. The van der Waals surface area contributed by atoms with Crippen LogP contribution in [0.1, 0.15) is 31.4 Å². The average Bonchev–Trinajstić information content (AvgIpc) is 2.53. The van der Waals surface area contributed by atoms with Crippen molar-refractivity contribution in [3.8, 4) is 0 Å². The van der Waals surface area contributed by atoms with E-state index in [0.717, 1.165) is 18.1 Å². The molecule has 2 rings (SSSR count). The second-order valence-corrected chi connectivity index (χ2v) is 10.5. The predicted molar refractivity (Wildman–Crippen MR) is 95.3 cm³/mol. The Hall–Kier alpha value is -1.45. The maximum atomic E-state index is 12.5. The van der Waals surface area contributed by atoms with E-state index < -0.39 is 19.9 Å². The third kappa shape index (κ3) is 5.26. The fraction of sp³-hybridized carbons (Fsp3) is 0.562. The predicted octanol–water partition coefficient (Wildman–Crippen LogP) is 0.939. The summed E-state index contributed by atoms with van der Waals surface area (Å²) in [5, 5.41) is 2.89. The highest BCUT2D eigenvalue weighted by Gasteiger charge is 2.30. The van der Waals surface area contributed by atoms with Gasteiger partial charge in [-0.2, -0.15) is 0 Å². The SMILES string of the molecule is CC(NC(=O)C1CCCN(S(C)(=O)=O)C1)c1ccc(S(C)(=O)=O)cc1. The molecule has 0 spiro atoms. The van der Waals surface area contributed by atoms with Gasteiger partial charge >= 0.3 is 0 Å². The normalized spacial score (nSPS) is 20.8. The largest absolute Gasteiger partial charge is 0.349 e. The molecule has 0 bridgehead atoms. The van der Waals surface area contributed by atoms with E-state index in [1.165, 1.54) is 16.4 Å². The molecule has 1 fully saturated rings. The summed E-state index contributed by atoms with van der Waals surface area (Å²) in [6.45, 7) is 2.46. The minimum absolute atomic E-state index is 0.187. The van der Waals surface area contributed by atoms with Gasteiger partial charge < -0.3 is 5.32 Å². The van der Waals surface area contributed by atoms with Crippen LogP contribution >= 0.6 is 0 Å². The summed E-state index contributed by atoms with van der Waals surface area (Å²) in [7, 11) is -6.55. The molecule has 9 heteroatoms. The van der Waals surface area contributed by atoms with Gasteiger partial charge in [-0.25, -0.2) is 21.1 Å². The smallest absolute Gasteiger partial charge is 0.224 e. The number of carbonyl (C=O) groups excluding carboxylic acids is 1. The molecule has 1 aromatic rings. The van der Waals surface area contributed by atoms with Crippen molar-refractivity contribution in [3.05, 3.63) is 29.8 Å². The van der Waals surface area contributed by atoms with Gasteiger partial charge in [0, 0.05) is 19.3 Å². The Morgan fingerprint density at radius 1 is 1.16 bits per heavy atom. The zero-order chi connectivity index (χ0) is 18.8. The molecule has 0 aromatic heterocycles. The first-order valence-corrected chi connectivity index (χ1v) is 11.8. The lowest BCUT2D eigenvalue weighted by Crippen LogP contribution is -2.45. The van der Waals surface area contributed by atoms with E-state index in [2.05, 4.69) is 5.32 Å². The highest BCUT2D eigenvalue weighted by Crippen LogP contribution is 2.21. The summed E-state index contributed by atoms with van der Waals surface area (Å²) in [6.07, 6.45) is 3.60. The molecule has 1 saturated heterocycles. The van der Waals surface area contributed by atoms with Gasteiger partial charge in [0.2, 0.25) is 15.9 Å². The number of benzene rings is 1. The van der Waals surface area contributed by atoms with Gasteiger partial charge in [0.25, 0.3) is 0 Å². The Morgan fingerprint density at radius 2 is 1.76 bits per heavy atom. The number of piperidine rings is 1. The second kappa shape index (κ2) is 7.43. The minimum atomic E-state index is -3.30. The number of carbonyl (C=O) groups is 1. The van der Waals surface area contributed by atoms with E-state index in [4.69, 9.17) is 0 Å². The van der Waals surface area contributed by atoms with Gasteiger partial charge in [-0.05, 0) is 37.5 Å². The fourth-order valence-electron chi connectivity index (χ4n) is 2.88. The molecule has 1 amide bonds. The molecule has 25 heavy (non-hydrogen) atoms. The van der Waals surface area contributed by atoms with Crippen molar-refractivity contribution in [1.29, 1.82) is 0 Å². The van der Waals surface area contributed by atoms with Crippen molar-refractivity contribution in [2.45, 2.75) is 30.7 Å². The molecular formula is C16H24N2O5S2. The third-order valence-corrected chi connectivity index (χ3v) is 6.79. The monoisotopic (exact) mass is 388 g/mol. The Kier molecular flexibility index (Phi) is 5.90. The van der Waals surface area contributed by atoms with Gasteiger partial charge in [0.05, 0.1) is 23.1 Å². The molecule has 1 N–H and O–H groups in total. The zero-order valence-corrected chi connectivity index (χ0v) is 16.2. The van der Waals surface area contributed by atoms with Gasteiger partial charge in [-0.1, -0.05) is 12.1 Å². The second-order valence-electron chi connectivity index (χ2n) is 6.53. The third-order valence-electron chi connectivity index (χ3n) is 4.39. The van der Waals surface area contributed by atoms with Gasteiger partial charge in [-0.3, -0.25) is 4.79 Å². The summed E-state index contributed by atoms with van der Waals surface area (Å²) in [5.74, 6) is -0.561. The molecular weight excluding hydrogens is 364 g/mol. The maximum Gasteiger partial charge on any atom is 0.224 e. The summed E-state index contributed by atoms with van der Waals surface area (Å²) >= 11 is 0. The summed E-state index contributed by atoms with van der Waals surface area (Å²) in [6, 6.07) is 6.07. The van der Waals surface area contributed by atoms with Gasteiger partial charge in [0.1, 0.15) is 0 Å². The molecule has 1 aliphatic heterocycles. The van der Waals surface area contributed by atoms with Crippen molar-refractivity contribution in [2.24, 2.45) is 5.92 Å². The van der Waals surface area contributed by atoms with Crippen LogP contribution in [0, 0.1) is 5.92 Å². The van der Waals surface area contributed by atoms with Crippen LogP contribution in [0.5, 0.6) is 0 Å². The standard InChI is InChI=1S/C16H24N2O5S2/c1-12(13-6-8-15(9-7-13)24(2,20)21)17-16(19)14-5-4-10-18(11-14)25(3,22)23/h6-9,12,14H,4-5,10-11H2,1-3H3,(H,17,19). The van der Waals surface area contributed by atoms with Crippen LogP contribution in [-0.2, 0) is 24.7 Å². The number of nitrogens with one attached hydrogen (secondary N) is 1. The number of hydrogen-bond donors (Lipinski definition) is 1. The molecule has 2 atom stereocenters. The summed E-state index contributed by atoms with van der Waals surface area (Å²) in [5.41, 5.74) is 0.788. The van der Waals surface area contributed by atoms with E-state index in [0.29, 0.717) is 19.4 Å². The summed E-state index contributed by atoms with van der Waals surface area (Å²) in [4.78, 5) is 12.7. The van der Waals surface area contributed by atoms with Crippen molar-refractivity contribution < 1.29 is 21.6 Å². The van der Waals surface area contributed by atoms with Crippen molar-refractivity contribution in [2.75, 3.05) is 25.6 Å². The topological polar surface area (TPSA) is 101 Å². The van der Waals surface area contributed by atoms with E-state index in [-0.39, 0.29) is 29.3 Å². The molecule has 1 aliphatic rings. The molecule has 7 nitrogen and oxygen atoms in total. The van der Waals surface area contributed by atoms with Crippen LogP contribution in [0.15, 0.2) is 29.2 Å². The van der Waals surface area contributed by atoms with Crippen LogP contribution < -0.4 is 5.32 Å². The lowest BCUT2D eigenvalue weighted by molar-refractivity contribution is -0.126. The van der Waals surface area contributed by atoms with Crippen LogP contribution in [0.4, 0.5) is 0 Å². The first-order chi connectivity index (χ1) is 11.5. The minimum Gasteiger partial charge on any atom is -0.349 e. The van der Waals surface area contributed by atoms with Gasteiger partial charge in [0.15, 0.2) is 9.84 Å². The fourth-order valence-corrected chi connectivity index (χ4v) is 4.42. The number of nitrogens with zero attached hydrogens (tertiary/aromatic N) is 1. The Bertz CT molecular complexity index is 832. The number of sulfonamides is 1. The Morgan fingerprint density at radius 3 is 2.28 bits per heavy atom. The van der Waals surface area contributed by atoms with Gasteiger partial charge in [-0.15, -0.1) is 0 Å². The number of amides is 1. The summed E-state index contributed by atoms with van der Waals surface area (Å²) < 4.78 is 47.6. The molecule has 140 valence electrons. The zero-order valence-electron chi connectivity index (χ0n) is 14.6. The van der Waals surface area contributed by atoms with E-state index >= 15 is 0 Å². The molecule has 0 radical (unpaired) electrons. The average molecular weight is 389 g/mol. The van der Waals surface area contributed by atoms with E-state index in [1.54, 1.807) is 12.1 Å². The molecule has 2 unspecified atom stereocenters. The van der Waals surface area contributed by atoms with Crippen molar-refractivity contribution >= 4 is 25.8 Å². The molecule has 1 heterocycles. The van der Waals surface area contributed by atoms with E-state index in [1.807, 2.05) is 6.92 Å². The number of hydrogen-bond acceptors (Lipinski definition) is 5. The maximum absolute atomic E-state index is 12.5. The lowest BCUT2D eigenvalue weighted by Gasteiger charge is -2.30. The van der Waals surface area contributed by atoms with Crippen LogP contribution in [0.3, 0.4) is 0 Å². The molecule has 1 aromatic carbocycles. The number of rotatable bonds is 5. The molecule has 0 saturated carbocycles. The van der Waals surface area contributed by atoms with E-state index in [9.17, 15) is 21.6 Å². The first-order valence-electron chi connectivity index (χ1n) is 8.04. The van der Waals surface area contributed by atoms with Crippen molar-refractivity contribution in [1.82, 2.24) is 9.62 Å². The van der Waals surface area contributed by atoms with Crippen LogP contribution in [0.2, 0.25) is 0 Å². The highest BCUT2D eigenvalue weighted by molar-refractivity contribution is 7.90. The number of sulfone groups is 1. The molecule has 0 aliphatic carbocycles. The van der Waals surface area contributed by atoms with Crippen molar-refractivity contribution in [3.63, 3.8) is 0 Å².